The molecule has 444 valence electrons. The zero-order valence-corrected chi connectivity index (χ0v) is 47.1. The van der Waals surface area contributed by atoms with Crippen LogP contribution in [0.2, 0.25) is 0 Å². The fourth-order valence-electron chi connectivity index (χ4n) is 11.2. The summed E-state index contributed by atoms with van der Waals surface area (Å²) in [6.07, 6.45) is 10.8. The van der Waals surface area contributed by atoms with Gasteiger partial charge in [0.1, 0.15) is 25.5 Å². The van der Waals surface area contributed by atoms with E-state index in [0.717, 1.165) is 47.3 Å². The Morgan fingerprint density at radius 3 is 2.26 bits per heavy atom. The first kappa shape index (κ1) is 61.0. The number of cyclic esters (lactones) is 1. The molecule has 7 heterocycles. The van der Waals surface area contributed by atoms with Crippen LogP contribution in [0.15, 0.2) is 41.2 Å². The minimum absolute atomic E-state index is 0.0728. The standard InChI is InChI=1S/C58H77N9O15/c1-3-40-41-32-39(81-57(76)65-25-18-38(19-26-65)64-22-9-5-10-23-64)14-15-46(41)63-53-42(40)35-67-47(53)33-44-43(55(67)74)36-80-56(75)58(44,4-2)82-52(72)34-62-54(73)45(59)12-6-8-20-60-49(69)37-79-31-30-78-29-28-77-27-21-61-48(68)13-7-11-24-66-50(70)16-17-51(66)71/h14-17,32-33,38,45H,3-13,18-31,34-37,59H2,1-2H3,(H,60,69)(H,61,68)(H,62,73)/t45?,58-/m0/s1. The first-order chi connectivity index (χ1) is 39.7. The maximum absolute atomic E-state index is 14.3. The van der Waals surface area contributed by atoms with Crippen molar-refractivity contribution < 1.29 is 66.8 Å². The van der Waals surface area contributed by atoms with Gasteiger partial charge in [-0.1, -0.05) is 20.3 Å². The molecular formula is C58H77N9O15. The van der Waals surface area contributed by atoms with E-state index in [1.54, 1.807) is 34.6 Å². The highest BCUT2D eigenvalue weighted by Gasteiger charge is 2.50. The summed E-state index contributed by atoms with van der Waals surface area (Å²) < 4.78 is 35.2. The van der Waals surface area contributed by atoms with Crippen molar-refractivity contribution in [3.8, 4) is 17.1 Å². The third kappa shape index (κ3) is 15.1. The maximum Gasteiger partial charge on any atom is 0.415 e. The Hall–Kier alpha value is -7.12. The Morgan fingerprint density at radius 2 is 1.52 bits per heavy atom. The summed E-state index contributed by atoms with van der Waals surface area (Å²) in [6, 6.07) is 6.53. The highest BCUT2D eigenvalue weighted by Crippen LogP contribution is 2.42. The highest BCUT2D eigenvalue weighted by molar-refractivity contribution is 6.12. The number of amides is 6. The molecule has 0 radical (unpaired) electrons. The van der Waals surface area contributed by atoms with Crippen molar-refractivity contribution in [2.24, 2.45) is 5.73 Å². The number of benzene rings is 1. The quantitative estimate of drug-likeness (QED) is 0.0345. The lowest BCUT2D eigenvalue weighted by Crippen LogP contribution is -2.49. The molecule has 1 aromatic carbocycles. The van der Waals surface area contributed by atoms with Crippen molar-refractivity contribution in [2.75, 3.05) is 92.0 Å². The van der Waals surface area contributed by atoms with Gasteiger partial charge in [-0.05, 0) is 114 Å². The van der Waals surface area contributed by atoms with E-state index in [1.165, 1.54) is 31.4 Å². The molecule has 0 bridgehead atoms. The number of fused-ring (bicyclic) bond motifs is 5. The number of hydrogen-bond acceptors (Lipinski definition) is 18. The predicted octanol–water partition coefficient (Wildman–Crippen LogP) is 2.63. The van der Waals surface area contributed by atoms with Crippen molar-refractivity contribution in [3.63, 3.8) is 0 Å². The molecule has 24 nitrogen and oxygen atoms in total. The van der Waals surface area contributed by atoms with Crippen LogP contribution >= 0.6 is 0 Å². The summed E-state index contributed by atoms with van der Waals surface area (Å²) in [4.78, 5) is 126. The number of nitrogens with two attached hydrogens (primary N) is 1. The van der Waals surface area contributed by atoms with Crippen molar-refractivity contribution >= 4 is 58.5 Å². The molecule has 1 unspecified atom stereocenters. The smallest absolute Gasteiger partial charge is 0.415 e. The van der Waals surface area contributed by atoms with Gasteiger partial charge in [0.05, 0.1) is 68.1 Å². The van der Waals surface area contributed by atoms with E-state index in [1.807, 2.05) is 13.0 Å². The fourth-order valence-corrected chi connectivity index (χ4v) is 11.2. The number of nitrogens with zero attached hydrogens (tertiary/aromatic N) is 5. The number of imide groups is 1. The van der Waals surface area contributed by atoms with Crippen molar-refractivity contribution in [1.29, 1.82) is 0 Å². The van der Waals surface area contributed by atoms with Crippen LogP contribution < -0.4 is 32.0 Å². The molecule has 5 aliphatic rings. The van der Waals surface area contributed by atoms with Gasteiger partial charge in [-0.15, -0.1) is 0 Å². The Bertz CT molecular complexity index is 2910. The number of pyridine rings is 2. The molecule has 8 rings (SSSR count). The second-order valence-electron chi connectivity index (χ2n) is 21.1. The number of ether oxygens (including phenoxy) is 6. The number of aryl methyl sites for hydroxylation is 1. The zero-order valence-electron chi connectivity index (χ0n) is 47.1. The van der Waals surface area contributed by atoms with E-state index in [2.05, 4.69) is 20.9 Å². The molecule has 3 aromatic rings. The number of unbranched alkanes of at least 4 members (excludes halogenated alkanes) is 2. The van der Waals surface area contributed by atoms with Gasteiger partial charge >= 0.3 is 18.0 Å². The van der Waals surface area contributed by atoms with Crippen molar-refractivity contribution in [1.82, 2.24) is 40.2 Å². The largest absolute Gasteiger partial charge is 0.457 e. The molecule has 0 spiro atoms. The van der Waals surface area contributed by atoms with Crippen LogP contribution in [0, 0.1) is 0 Å². The van der Waals surface area contributed by atoms with Gasteiger partial charge in [-0.3, -0.25) is 38.5 Å². The van der Waals surface area contributed by atoms with Crippen LogP contribution in [0.1, 0.15) is 113 Å². The first-order valence-corrected chi connectivity index (χ1v) is 28.9. The summed E-state index contributed by atoms with van der Waals surface area (Å²) in [5, 5.41) is 8.78. The third-order valence-corrected chi connectivity index (χ3v) is 15.7. The van der Waals surface area contributed by atoms with Gasteiger partial charge in [-0.2, -0.15) is 0 Å². The van der Waals surface area contributed by atoms with Gasteiger partial charge in [0.25, 0.3) is 17.4 Å². The topological polar surface area (TPSA) is 299 Å². The van der Waals surface area contributed by atoms with Crippen LogP contribution in [0.25, 0.3) is 22.3 Å². The number of aromatic nitrogens is 2. The monoisotopic (exact) mass is 1140 g/mol. The summed E-state index contributed by atoms with van der Waals surface area (Å²) in [7, 11) is 0. The van der Waals surface area contributed by atoms with Crippen LogP contribution in [0.3, 0.4) is 0 Å². The lowest BCUT2D eigenvalue weighted by atomic mass is 9.85. The van der Waals surface area contributed by atoms with E-state index in [9.17, 15) is 43.2 Å². The number of rotatable bonds is 29. The molecule has 6 amide bonds. The second kappa shape index (κ2) is 29.2. The van der Waals surface area contributed by atoms with Crippen LogP contribution in [-0.4, -0.2) is 176 Å². The summed E-state index contributed by atoms with van der Waals surface area (Å²) in [5.74, 6) is -3.14. The second-order valence-corrected chi connectivity index (χ2v) is 21.1. The Balaban J connectivity index is 0.720. The normalized spacial score (nSPS) is 18.2. The maximum atomic E-state index is 14.3. The van der Waals surface area contributed by atoms with Gasteiger partial charge < -0.3 is 64.5 Å². The van der Waals surface area contributed by atoms with Gasteiger partial charge in [0.15, 0.2) is 0 Å². The molecule has 24 heteroatoms. The summed E-state index contributed by atoms with van der Waals surface area (Å²) in [5.41, 5.74) is 7.47. The number of esters is 2. The SMILES string of the molecule is CCc1c2c(nc3ccc(OC(=O)N4CCC(N5CCCCC5)CC4)cc13)-c1cc3c(c(=O)n1C2)COC(=O)[C@@]3(CC)OC(=O)CNC(=O)C(N)CCCCNC(=O)COCCOCCOCCNC(=O)CCCCN1C(=O)C=CC1=O. The number of piperidine rings is 2. The summed E-state index contributed by atoms with van der Waals surface area (Å²) in [6.45, 7) is 8.53. The predicted molar refractivity (Wildman–Crippen MR) is 297 cm³/mol. The number of hydrogen-bond donors (Lipinski definition) is 4. The van der Waals surface area contributed by atoms with E-state index in [-0.39, 0.29) is 99.6 Å². The number of carbonyl (C=O) groups excluding carboxylic acids is 8. The number of nitrogens with one attached hydrogen (secondary N) is 3. The molecular weight excluding hydrogens is 1060 g/mol. The number of likely N-dealkylation sites (tertiary alicyclic amines) is 2. The third-order valence-electron chi connectivity index (χ3n) is 15.7. The lowest BCUT2D eigenvalue weighted by Gasteiger charge is -2.39. The minimum Gasteiger partial charge on any atom is -0.457 e. The van der Waals surface area contributed by atoms with E-state index >= 15 is 0 Å². The molecule has 2 atom stereocenters. The van der Waals surface area contributed by atoms with Crippen LogP contribution in [0.4, 0.5) is 4.79 Å². The summed E-state index contributed by atoms with van der Waals surface area (Å²) >= 11 is 0. The van der Waals surface area contributed by atoms with E-state index in [0.29, 0.717) is 107 Å². The minimum atomic E-state index is -1.99. The van der Waals surface area contributed by atoms with Crippen molar-refractivity contribution in [3.05, 3.63) is 69.0 Å². The lowest BCUT2D eigenvalue weighted by molar-refractivity contribution is -0.189. The molecule has 0 aliphatic carbocycles. The van der Waals surface area contributed by atoms with Gasteiger partial charge in [-0.25, -0.2) is 14.6 Å². The Labute approximate surface area is 476 Å². The van der Waals surface area contributed by atoms with Crippen LogP contribution in [-0.2, 0) is 82.4 Å². The molecule has 0 saturated carbocycles. The molecule has 82 heavy (non-hydrogen) atoms. The van der Waals surface area contributed by atoms with E-state index in [4.69, 9.17) is 39.1 Å². The number of carbonyl (C=O) groups is 8. The molecule has 2 aromatic heterocycles. The fraction of sp³-hybridized carbons (Fsp3) is 0.586. The average molecular weight is 1140 g/mol. The molecule has 5 aliphatic heterocycles. The Morgan fingerprint density at radius 1 is 0.805 bits per heavy atom. The molecule has 2 fully saturated rings. The molecule has 5 N–H and O–H groups in total. The van der Waals surface area contributed by atoms with Crippen molar-refractivity contribution in [2.45, 2.75) is 128 Å². The van der Waals surface area contributed by atoms with Gasteiger partial charge in [0, 0.05) is 73.9 Å². The Kier molecular flexibility index (Phi) is 21.7. The van der Waals surface area contributed by atoms with Crippen LogP contribution in [0.5, 0.6) is 5.75 Å². The van der Waals surface area contributed by atoms with Gasteiger partial charge in [0.2, 0.25) is 23.3 Å². The molecule has 2 saturated heterocycles. The highest BCUT2D eigenvalue weighted by atomic mass is 16.6. The zero-order chi connectivity index (χ0) is 58.2. The average Bonchev–Trinajstić information content (AvgIpc) is 2.20. The first-order valence-electron chi connectivity index (χ1n) is 28.9. The van der Waals surface area contributed by atoms with E-state index < -0.39 is 41.6 Å².